The number of carbonyl (C=O) groups is 4. The van der Waals surface area contributed by atoms with Crippen molar-refractivity contribution in [2.45, 2.75) is 27.7 Å². The van der Waals surface area contributed by atoms with Crippen LogP contribution in [0.3, 0.4) is 0 Å². The summed E-state index contributed by atoms with van der Waals surface area (Å²) < 4.78 is 18.5. The number of hydrogen-bond acceptors (Lipinski definition) is 8. The second-order valence-corrected chi connectivity index (χ2v) is 9.94. The number of carbonyl (C=O) groups excluding carboxylic acids is 4. The van der Waals surface area contributed by atoms with Crippen molar-refractivity contribution in [3.63, 3.8) is 0 Å². The number of hydrogen-bond donors (Lipinski definition) is 0. The van der Waals surface area contributed by atoms with Crippen molar-refractivity contribution in [3.05, 3.63) is 0 Å². The van der Waals surface area contributed by atoms with Gasteiger partial charge >= 0.3 is 104 Å². The molecule has 0 heterocycles. The van der Waals surface area contributed by atoms with E-state index in [-0.39, 0.29) is 17.4 Å². The molecule has 102 valence electrons. The molecular weight excluding hydrogens is 483 g/mol. The van der Waals surface area contributed by atoms with Gasteiger partial charge in [0.25, 0.3) is 0 Å². The van der Waals surface area contributed by atoms with Crippen LogP contribution in [0.2, 0.25) is 0 Å². The molecule has 0 atom stereocenters. The SMILES string of the molecule is CC(=O)[O][Pb]([O]C(C)=O)([O]C(C)=O)[O]C(C)=O.[Cr]. The maximum atomic E-state index is 10.9. The van der Waals surface area contributed by atoms with Gasteiger partial charge in [-0.05, 0) is 0 Å². The smallest absolute Gasteiger partial charge is 0 e. The average Bonchev–Trinajstić information content (AvgIpc) is 1.95. The predicted octanol–water partition coefficient (Wildman–Crippen LogP) is -0.328. The Morgan fingerprint density at radius 2 is 0.778 bits per heavy atom. The molecule has 18 heavy (non-hydrogen) atoms. The standard InChI is InChI=1S/4C2H4O2.Cr.Pb/c4*1-2(3)4;;/h4*1H3,(H,3,4);;/q;;;;;+4/p-4. The van der Waals surface area contributed by atoms with Gasteiger partial charge in [-0.2, -0.15) is 0 Å². The van der Waals surface area contributed by atoms with E-state index in [1.54, 1.807) is 0 Å². The Morgan fingerprint density at radius 1 is 0.611 bits per heavy atom. The van der Waals surface area contributed by atoms with E-state index in [4.69, 9.17) is 0 Å². The third-order valence-corrected chi connectivity index (χ3v) is 9.43. The quantitative estimate of drug-likeness (QED) is 0.489. The first-order valence-corrected chi connectivity index (χ1v) is 10.8. The Balaban J connectivity index is 0. The predicted molar refractivity (Wildman–Crippen MR) is 52.8 cm³/mol. The van der Waals surface area contributed by atoms with Crippen LogP contribution in [0.4, 0.5) is 0 Å². The van der Waals surface area contributed by atoms with Crippen molar-refractivity contribution >= 4 is 46.9 Å². The Morgan fingerprint density at radius 3 is 0.889 bits per heavy atom. The molecule has 0 aromatic rings. The first kappa shape index (κ1) is 19.7. The Hall–Kier alpha value is -0.665. The summed E-state index contributed by atoms with van der Waals surface area (Å²) in [6, 6.07) is 0. The van der Waals surface area contributed by atoms with Gasteiger partial charge in [0.15, 0.2) is 0 Å². The molecule has 0 amide bonds. The van der Waals surface area contributed by atoms with Gasteiger partial charge in [-0.25, -0.2) is 0 Å². The van der Waals surface area contributed by atoms with Gasteiger partial charge in [0, 0.05) is 17.4 Å². The Labute approximate surface area is 121 Å². The van der Waals surface area contributed by atoms with Crippen LogP contribution < -0.4 is 0 Å². The summed E-state index contributed by atoms with van der Waals surface area (Å²) in [6.45, 7) is 4.02. The molecule has 0 N–H and O–H groups in total. The summed E-state index contributed by atoms with van der Waals surface area (Å²) in [4.78, 5) is 43.5. The minimum atomic E-state index is -5.43. The molecule has 8 nitrogen and oxygen atoms in total. The molecule has 0 fully saturated rings. The zero-order chi connectivity index (χ0) is 13.6. The third kappa shape index (κ3) is 8.43. The molecule has 0 spiro atoms. The third-order valence-electron chi connectivity index (χ3n) is 1.07. The minimum absolute atomic E-state index is 0. The molecule has 0 saturated heterocycles. The molecule has 0 aromatic heterocycles. The first-order valence-electron chi connectivity index (χ1n) is 4.45. The van der Waals surface area contributed by atoms with Gasteiger partial charge in [-0.15, -0.1) is 0 Å². The van der Waals surface area contributed by atoms with Crippen LogP contribution >= 0.6 is 0 Å². The normalized spacial score (nSPS) is 9.56. The molecule has 10 heteroatoms. The largest absolute Gasteiger partial charge is 0 e. The van der Waals surface area contributed by atoms with Crippen molar-refractivity contribution < 1.29 is 47.3 Å². The summed E-state index contributed by atoms with van der Waals surface area (Å²) >= 11 is -5.43. The molecule has 0 aromatic carbocycles. The average molecular weight is 495 g/mol. The zero-order valence-corrected chi connectivity index (χ0v) is 15.3. The molecule has 0 bridgehead atoms. The van der Waals surface area contributed by atoms with Gasteiger partial charge < -0.3 is 0 Å². The van der Waals surface area contributed by atoms with Crippen molar-refractivity contribution in [2.24, 2.45) is 0 Å². The Kier molecular flexibility index (Phi) is 9.22. The van der Waals surface area contributed by atoms with Crippen molar-refractivity contribution in [1.82, 2.24) is 0 Å². The molecule has 0 saturated carbocycles. The van der Waals surface area contributed by atoms with E-state index >= 15 is 0 Å². The van der Waals surface area contributed by atoms with Gasteiger partial charge in [-0.3, -0.25) is 0 Å². The second kappa shape index (κ2) is 8.44. The van der Waals surface area contributed by atoms with Crippen LogP contribution in [0.15, 0.2) is 0 Å². The number of rotatable bonds is 4. The summed E-state index contributed by atoms with van der Waals surface area (Å²) in [5.74, 6) is -3.52. The van der Waals surface area contributed by atoms with Crippen molar-refractivity contribution in [1.29, 1.82) is 0 Å². The van der Waals surface area contributed by atoms with Crippen LogP contribution in [0, 0.1) is 0 Å². The monoisotopic (exact) mass is 496 g/mol. The van der Waals surface area contributed by atoms with E-state index in [9.17, 15) is 19.2 Å². The molecule has 0 aliphatic rings. The summed E-state index contributed by atoms with van der Waals surface area (Å²) in [5.41, 5.74) is 0. The van der Waals surface area contributed by atoms with Crippen LogP contribution in [0.25, 0.3) is 0 Å². The van der Waals surface area contributed by atoms with E-state index in [1.165, 1.54) is 0 Å². The molecule has 0 radical (unpaired) electrons. The van der Waals surface area contributed by atoms with Crippen LogP contribution in [-0.2, 0) is 47.3 Å². The minimum Gasteiger partial charge on any atom is 0 e. The molecule has 0 rings (SSSR count). The van der Waals surface area contributed by atoms with Gasteiger partial charge in [0.2, 0.25) is 0 Å². The second-order valence-electron chi connectivity index (χ2n) is 2.87. The van der Waals surface area contributed by atoms with Crippen LogP contribution in [0.1, 0.15) is 27.7 Å². The van der Waals surface area contributed by atoms with E-state index < -0.39 is 46.9 Å². The van der Waals surface area contributed by atoms with Gasteiger partial charge in [0.05, 0.1) is 0 Å². The van der Waals surface area contributed by atoms with E-state index in [2.05, 4.69) is 10.7 Å². The molecule has 0 unspecified atom stereocenters. The molecular formula is C8H12CrO8Pb. The first-order chi connectivity index (χ1) is 7.67. The van der Waals surface area contributed by atoms with Crippen molar-refractivity contribution in [3.8, 4) is 0 Å². The fraction of sp³-hybridized carbons (Fsp3) is 0.500. The fourth-order valence-electron chi connectivity index (χ4n) is 0.829. The van der Waals surface area contributed by atoms with Gasteiger partial charge in [-0.1, -0.05) is 0 Å². The van der Waals surface area contributed by atoms with Crippen LogP contribution in [0.5, 0.6) is 0 Å². The van der Waals surface area contributed by atoms with Crippen LogP contribution in [-0.4, -0.2) is 46.9 Å². The van der Waals surface area contributed by atoms with E-state index in [1.807, 2.05) is 0 Å². The zero-order valence-electron chi connectivity index (χ0n) is 10.2. The Bertz CT molecular complexity index is 285. The molecule has 0 aliphatic heterocycles. The summed E-state index contributed by atoms with van der Waals surface area (Å²) in [5, 5.41) is 0. The molecule has 0 aliphatic carbocycles. The summed E-state index contributed by atoms with van der Waals surface area (Å²) in [7, 11) is 0. The van der Waals surface area contributed by atoms with E-state index in [0.29, 0.717) is 0 Å². The van der Waals surface area contributed by atoms with Gasteiger partial charge in [0.1, 0.15) is 0 Å². The maximum absolute atomic E-state index is 10.9. The topological polar surface area (TPSA) is 105 Å². The van der Waals surface area contributed by atoms with E-state index in [0.717, 1.165) is 27.7 Å². The summed E-state index contributed by atoms with van der Waals surface area (Å²) in [6.07, 6.45) is 0. The fourth-order valence-corrected chi connectivity index (χ4v) is 7.28. The van der Waals surface area contributed by atoms with Crippen molar-refractivity contribution in [2.75, 3.05) is 0 Å². The maximum Gasteiger partial charge on any atom is 0 e.